The fourth-order valence-electron chi connectivity index (χ4n) is 2.01. The number of nitrogens with one attached hydrogen (secondary N) is 3. The summed E-state index contributed by atoms with van der Waals surface area (Å²) < 4.78 is 27.3. The summed E-state index contributed by atoms with van der Waals surface area (Å²) in [5.74, 6) is -0.500. The highest BCUT2D eigenvalue weighted by Gasteiger charge is 2.25. The highest BCUT2D eigenvalue weighted by atomic mass is 32.2. The van der Waals surface area contributed by atoms with Crippen LogP contribution in [-0.2, 0) is 14.8 Å². The van der Waals surface area contributed by atoms with Gasteiger partial charge in [-0.05, 0) is 42.0 Å². The molecule has 2 rings (SSSR count). The molecule has 7 nitrogen and oxygen atoms in total. The summed E-state index contributed by atoms with van der Waals surface area (Å²) in [7, 11) is -3.85. The maximum absolute atomic E-state index is 12.5. The zero-order chi connectivity index (χ0) is 19.0. The first kappa shape index (κ1) is 20.4. The Morgan fingerprint density at radius 3 is 2.46 bits per heavy atom. The summed E-state index contributed by atoms with van der Waals surface area (Å²) in [6, 6.07) is 10.1. The predicted octanol–water partition coefficient (Wildman–Crippen LogP) is 1.61. The molecule has 3 N–H and O–H groups in total. The van der Waals surface area contributed by atoms with Crippen molar-refractivity contribution in [3.8, 4) is 0 Å². The van der Waals surface area contributed by atoms with Crippen LogP contribution < -0.4 is 15.6 Å². The van der Waals surface area contributed by atoms with Gasteiger partial charge in [-0.1, -0.05) is 24.3 Å². The molecule has 0 spiro atoms. The van der Waals surface area contributed by atoms with E-state index < -0.39 is 27.9 Å². The van der Waals surface area contributed by atoms with E-state index in [1.807, 2.05) is 6.26 Å². The van der Waals surface area contributed by atoms with Crippen molar-refractivity contribution in [2.45, 2.75) is 17.4 Å². The Labute approximate surface area is 160 Å². The third-order valence-electron chi connectivity index (χ3n) is 3.32. The van der Waals surface area contributed by atoms with Crippen LogP contribution in [0.15, 0.2) is 52.7 Å². The van der Waals surface area contributed by atoms with Crippen LogP contribution in [0, 0.1) is 0 Å². The molecule has 0 saturated carbocycles. The van der Waals surface area contributed by atoms with E-state index in [4.69, 9.17) is 0 Å². The van der Waals surface area contributed by atoms with Crippen molar-refractivity contribution < 1.29 is 18.0 Å². The van der Waals surface area contributed by atoms with Gasteiger partial charge in [-0.15, -0.1) is 11.3 Å². The SMILES string of the molecule is CSCC[C@H](NS(=O)(=O)c1ccccc1)C(=O)NNC(=O)c1cccs1. The van der Waals surface area contributed by atoms with Crippen LogP contribution in [0.1, 0.15) is 16.1 Å². The van der Waals surface area contributed by atoms with Crippen molar-refractivity contribution in [1.82, 2.24) is 15.6 Å². The number of thioether (sulfide) groups is 1. The van der Waals surface area contributed by atoms with Crippen molar-refractivity contribution in [2.75, 3.05) is 12.0 Å². The average Bonchev–Trinajstić information content (AvgIpc) is 3.18. The van der Waals surface area contributed by atoms with Gasteiger partial charge < -0.3 is 0 Å². The van der Waals surface area contributed by atoms with Crippen LogP contribution in [0.25, 0.3) is 0 Å². The zero-order valence-electron chi connectivity index (χ0n) is 14.0. The topological polar surface area (TPSA) is 104 Å². The molecule has 0 aliphatic heterocycles. The van der Waals surface area contributed by atoms with E-state index in [0.717, 1.165) is 0 Å². The number of amides is 2. The molecule has 2 aromatic rings. The molecule has 1 heterocycles. The maximum atomic E-state index is 12.5. The summed E-state index contributed by atoms with van der Waals surface area (Å²) in [4.78, 5) is 24.8. The lowest BCUT2D eigenvalue weighted by Crippen LogP contribution is -2.52. The molecule has 0 fully saturated rings. The summed E-state index contributed by atoms with van der Waals surface area (Å²) in [6.07, 6.45) is 2.15. The number of thiophene rings is 1. The minimum Gasteiger partial charge on any atom is -0.271 e. The summed E-state index contributed by atoms with van der Waals surface area (Å²) in [5.41, 5.74) is 4.58. The Hall–Kier alpha value is -1.88. The van der Waals surface area contributed by atoms with E-state index in [9.17, 15) is 18.0 Å². The van der Waals surface area contributed by atoms with E-state index in [1.165, 1.54) is 35.2 Å². The number of sulfonamides is 1. The molecule has 0 unspecified atom stereocenters. The third-order valence-corrected chi connectivity index (χ3v) is 6.32. The molecule has 0 aliphatic carbocycles. The van der Waals surface area contributed by atoms with Crippen molar-refractivity contribution in [3.05, 3.63) is 52.7 Å². The van der Waals surface area contributed by atoms with Gasteiger partial charge in [-0.3, -0.25) is 20.4 Å². The largest absolute Gasteiger partial charge is 0.279 e. The van der Waals surface area contributed by atoms with Gasteiger partial charge in [0.2, 0.25) is 10.0 Å². The van der Waals surface area contributed by atoms with Gasteiger partial charge in [0.25, 0.3) is 11.8 Å². The molecular weight excluding hydrogens is 394 g/mol. The third kappa shape index (κ3) is 5.84. The molecule has 0 bridgehead atoms. The zero-order valence-corrected chi connectivity index (χ0v) is 16.4. The van der Waals surface area contributed by atoms with E-state index in [1.54, 1.807) is 35.7 Å². The fraction of sp³-hybridized carbons (Fsp3) is 0.250. The van der Waals surface area contributed by atoms with Crippen molar-refractivity contribution in [1.29, 1.82) is 0 Å². The van der Waals surface area contributed by atoms with Crippen LogP contribution >= 0.6 is 23.1 Å². The van der Waals surface area contributed by atoms with Gasteiger partial charge in [-0.25, -0.2) is 8.42 Å². The highest BCUT2D eigenvalue weighted by Crippen LogP contribution is 2.11. The Bertz CT molecular complexity index is 824. The normalized spacial score (nSPS) is 12.3. The molecule has 0 radical (unpaired) electrons. The van der Waals surface area contributed by atoms with E-state index in [0.29, 0.717) is 10.6 Å². The Balaban J connectivity index is 2.03. The van der Waals surface area contributed by atoms with E-state index >= 15 is 0 Å². The first-order valence-electron chi connectivity index (χ1n) is 7.64. The lowest BCUT2D eigenvalue weighted by atomic mass is 10.2. The minimum atomic E-state index is -3.85. The van der Waals surface area contributed by atoms with Crippen LogP contribution in [-0.4, -0.2) is 38.3 Å². The molecule has 0 saturated heterocycles. The molecule has 26 heavy (non-hydrogen) atoms. The van der Waals surface area contributed by atoms with Crippen molar-refractivity contribution >= 4 is 44.9 Å². The molecular formula is C16H19N3O4S3. The number of hydrogen-bond donors (Lipinski definition) is 3. The number of hydrazine groups is 1. The lowest BCUT2D eigenvalue weighted by molar-refractivity contribution is -0.123. The Morgan fingerprint density at radius 1 is 1.12 bits per heavy atom. The predicted molar refractivity (Wildman–Crippen MR) is 103 cm³/mol. The molecule has 0 aliphatic rings. The molecule has 1 aromatic heterocycles. The quantitative estimate of drug-likeness (QED) is 0.571. The lowest BCUT2D eigenvalue weighted by Gasteiger charge is -2.18. The van der Waals surface area contributed by atoms with E-state index in [-0.39, 0.29) is 11.3 Å². The van der Waals surface area contributed by atoms with Gasteiger partial charge in [0.15, 0.2) is 0 Å². The molecule has 1 aromatic carbocycles. The summed E-state index contributed by atoms with van der Waals surface area (Å²) in [6.45, 7) is 0. The number of carbonyl (C=O) groups excluding carboxylic acids is 2. The number of rotatable bonds is 8. The second-order valence-electron chi connectivity index (χ2n) is 5.19. The van der Waals surface area contributed by atoms with Gasteiger partial charge in [0.05, 0.1) is 9.77 Å². The molecule has 1 atom stereocenters. The molecule has 140 valence electrons. The molecule has 2 amide bonds. The Kier molecular flexibility index (Phi) is 7.64. The van der Waals surface area contributed by atoms with Crippen LogP contribution in [0.4, 0.5) is 0 Å². The first-order chi connectivity index (χ1) is 12.4. The first-order valence-corrected chi connectivity index (χ1v) is 11.4. The smallest absolute Gasteiger partial charge is 0.271 e. The number of hydrogen-bond acceptors (Lipinski definition) is 6. The fourth-order valence-corrected chi connectivity index (χ4v) is 4.35. The minimum absolute atomic E-state index is 0.0737. The van der Waals surface area contributed by atoms with Gasteiger partial charge >= 0.3 is 0 Å². The second kappa shape index (κ2) is 9.72. The summed E-state index contributed by atoms with van der Waals surface area (Å²) in [5, 5.41) is 1.74. The van der Waals surface area contributed by atoms with E-state index in [2.05, 4.69) is 15.6 Å². The number of carbonyl (C=O) groups is 2. The number of benzene rings is 1. The van der Waals surface area contributed by atoms with Crippen LogP contribution in [0.5, 0.6) is 0 Å². The van der Waals surface area contributed by atoms with Crippen molar-refractivity contribution in [3.63, 3.8) is 0 Å². The second-order valence-corrected chi connectivity index (χ2v) is 8.84. The van der Waals surface area contributed by atoms with Crippen LogP contribution in [0.2, 0.25) is 0 Å². The molecule has 10 heteroatoms. The monoisotopic (exact) mass is 413 g/mol. The van der Waals surface area contributed by atoms with Crippen molar-refractivity contribution in [2.24, 2.45) is 0 Å². The van der Waals surface area contributed by atoms with Gasteiger partial charge in [0.1, 0.15) is 6.04 Å². The highest BCUT2D eigenvalue weighted by molar-refractivity contribution is 7.98. The standard InChI is InChI=1S/C16H19N3O4S3/c1-24-11-9-13(19-26(22,23)12-6-3-2-4-7-12)15(20)17-18-16(21)14-8-5-10-25-14/h2-8,10,13,19H,9,11H2,1H3,(H,17,20)(H,18,21)/t13-/m0/s1. The Morgan fingerprint density at radius 2 is 1.85 bits per heavy atom. The maximum Gasteiger partial charge on any atom is 0.279 e. The van der Waals surface area contributed by atoms with Gasteiger partial charge in [-0.2, -0.15) is 16.5 Å². The van der Waals surface area contributed by atoms with Crippen LogP contribution in [0.3, 0.4) is 0 Å². The average molecular weight is 414 g/mol. The van der Waals surface area contributed by atoms with Gasteiger partial charge in [0, 0.05) is 0 Å². The summed E-state index contributed by atoms with van der Waals surface area (Å²) >= 11 is 2.73.